The zero-order valence-electron chi connectivity index (χ0n) is 22.1. The third kappa shape index (κ3) is 10.2. The van der Waals surface area contributed by atoms with Crippen molar-refractivity contribution >= 4 is 72.1 Å². The first kappa shape index (κ1) is 31.7. The molecule has 0 N–H and O–H groups in total. The first-order chi connectivity index (χ1) is 14.9. The third-order valence-electron chi connectivity index (χ3n) is 5.39. The smallest absolute Gasteiger partial charge is 0.195 e. The molecule has 188 valence electrons. The Labute approximate surface area is 218 Å². The van der Waals surface area contributed by atoms with E-state index in [-0.39, 0.29) is 22.7 Å². The van der Waals surface area contributed by atoms with Crippen molar-refractivity contribution in [1.29, 1.82) is 0 Å². The number of aliphatic imine (C=N–C) groups is 3. The van der Waals surface area contributed by atoms with E-state index in [0.717, 1.165) is 32.4 Å². The monoisotopic (exact) mass is 512 g/mol. The van der Waals surface area contributed by atoms with Gasteiger partial charge < -0.3 is 14.7 Å². The number of nitrogens with zero attached hydrogens (tertiary/aromatic N) is 6. The van der Waals surface area contributed by atoms with Crippen LogP contribution in [0.1, 0.15) is 81.6 Å². The molecule has 0 fully saturated rings. The lowest BCUT2D eigenvalue weighted by Gasteiger charge is -2.44. The zero-order chi connectivity index (χ0) is 26.2. The molecule has 0 aromatic carbocycles. The molecule has 0 amide bonds. The second kappa shape index (κ2) is 13.0. The quantitative estimate of drug-likeness (QED) is 0.303. The predicted molar refractivity (Wildman–Crippen MR) is 159 cm³/mol. The first-order valence-corrected chi connectivity index (χ1v) is 12.5. The lowest BCUT2D eigenvalue weighted by atomic mass is 9.96. The Morgan fingerprint density at radius 2 is 1.03 bits per heavy atom. The maximum Gasteiger partial charge on any atom is 0.195 e. The molecular formula is C24H44N6S3. The van der Waals surface area contributed by atoms with E-state index < -0.39 is 0 Å². The maximum atomic E-state index is 5.62. The standard InChI is InChI=1S/C24H44N6S3/c1-22(2,3)28(19(31)25-10)16-13-14-18(30(21(33)27-12)24(7,8)9)15-17-29(20(32)26-11)23(4,5)6/h18H,10-17H2,1-9H3. The minimum atomic E-state index is -0.214. The molecule has 0 aromatic heterocycles. The summed E-state index contributed by atoms with van der Waals surface area (Å²) in [4.78, 5) is 18.6. The van der Waals surface area contributed by atoms with E-state index in [2.05, 4.69) is 112 Å². The fraction of sp³-hybridized carbons (Fsp3) is 0.750. The topological polar surface area (TPSA) is 46.8 Å². The second-order valence-corrected chi connectivity index (χ2v) is 12.2. The Morgan fingerprint density at radius 3 is 1.36 bits per heavy atom. The van der Waals surface area contributed by atoms with Crippen LogP contribution in [0.2, 0.25) is 0 Å². The fourth-order valence-corrected chi connectivity index (χ4v) is 4.99. The van der Waals surface area contributed by atoms with Crippen LogP contribution in [0.5, 0.6) is 0 Å². The fourth-order valence-electron chi connectivity index (χ4n) is 3.84. The van der Waals surface area contributed by atoms with Gasteiger partial charge in [-0.2, -0.15) is 0 Å². The minimum absolute atomic E-state index is 0.132. The molecule has 0 bridgehead atoms. The number of thiocarbonyl (C=S) groups is 3. The van der Waals surface area contributed by atoms with E-state index in [0.29, 0.717) is 15.3 Å². The highest BCUT2D eigenvalue weighted by atomic mass is 32.1. The number of rotatable bonds is 8. The Hall–Kier alpha value is -1.32. The molecule has 0 heterocycles. The summed E-state index contributed by atoms with van der Waals surface area (Å²) in [6, 6.07) is 0.132. The molecule has 0 spiro atoms. The summed E-state index contributed by atoms with van der Waals surface area (Å²) in [6.07, 6.45) is 2.63. The van der Waals surface area contributed by atoms with Crippen LogP contribution in [0.25, 0.3) is 0 Å². The Morgan fingerprint density at radius 1 is 0.636 bits per heavy atom. The van der Waals surface area contributed by atoms with Gasteiger partial charge in [0.15, 0.2) is 15.3 Å². The summed E-state index contributed by atoms with van der Waals surface area (Å²) >= 11 is 16.6. The molecule has 1 atom stereocenters. The van der Waals surface area contributed by atoms with Gasteiger partial charge in [-0.25, -0.2) is 15.0 Å². The van der Waals surface area contributed by atoms with Crippen molar-refractivity contribution < 1.29 is 0 Å². The van der Waals surface area contributed by atoms with E-state index in [9.17, 15) is 0 Å². The second-order valence-electron chi connectivity index (χ2n) is 11.1. The largest absolute Gasteiger partial charge is 0.343 e. The summed E-state index contributed by atoms with van der Waals surface area (Å²) in [5.74, 6) is 0. The van der Waals surface area contributed by atoms with Gasteiger partial charge in [-0.15, -0.1) is 0 Å². The summed E-state index contributed by atoms with van der Waals surface area (Å²) in [7, 11) is 0. The molecule has 0 rings (SSSR count). The molecule has 1 unspecified atom stereocenters. The van der Waals surface area contributed by atoms with Gasteiger partial charge in [0.2, 0.25) is 0 Å². The van der Waals surface area contributed by atoms with Crippen molar-refractivity contribution in [2.75, 3.05) is 13.1 Å². The van der Waals surface area contributed by atoms with Gasteiger partial charge in [0.1, 0.15) is 0 Å². The van der Waals surface area contributed by atoms with E-state index in [4.69, 9.17) is 36.7 Å². The number of hydrogen-bond donors (Lipinski definition) is 0. The number of hydrogen-bond acceptors (Lipinski definition) is 3. The molecule has 9 heteroatoms. The zero-order valence-corrected chi connectivity index (χ0v) is 24.6. The average Bonchev–Trinajstić information content (AvgIpc) is 2.66. The molecule has 0 aliphatic heterocycles. The summed E-state index contributed by atoms with van der Waals surface area (Å²) in [5.41, 5.74) is -0.522. The molecule has 6 nitrogen and oxygen atoms in total. The van der Waals surface area contributed by atoms with Gasteiger partial charge in [0.25, 0.3) is 0 Å². The third-order valence-corrected chi connectivity index (χ3v) is 6.41. The van der Waals surface area contributed by atoms with E-state index in [1.807, 2.05) is 0 Å². The SMILES string of the molecule is C=NC(=S)N(CCCC(CCN(C(=S)N=C)C(C)(C)C)N(C(=S)N=C)C(C)(C)C)C(C)(C)C. The molecule has 0 radical (unpaired) electrons. The van der Waals surface area contributed by atoms with Gasteiger partial charge >= 0.3 is 0 Å². The molecule has 33 heavy (non-hydrogen) atoms. The molecule has 0 aromatic rings. The van der Waals surface area contributed by atoms with E-state index in [1.54, 1.807) is 0 Å². The molecule has 0 saturated heterocycles. The van der Waals surface area contributed by atoms with Gasteiger partial charge in [0.05, 0.1) is 0 Å². The van der Waals surface area contributed by atoms with Gasteiger partial charge in [-0.05, 0) is 138 Å². The highest BCUT2D eigenvalue weighted by molar-refractivity contribution is 7.80. The van der Waals surface area contributed by atoms with Crippen LogP contribution >= 0.6 is 36.7 Å². The highest BCUT2D eigenvalue weighted by Gasteiger charge is 2.33. The highest BCUT2D eigenvalue weighted by Crippen LogP contribution is 2.26. The van der Waals surface area contributed by atoms with Crippen molar-refractivity contribution in [3.8, 4) is 0 Å². The predicted octanol–water partition coefficient (Wildman–Crippen LogP) is 5.78. The molecule has 0 aliphatic carbocycles. The van der Waals surface area contributed by atoms with Crippen LogP contribution in [-0.2, 0) is 0 Å². The summed E-state index contributed by atoms with van der Waals surface area (Å²) < 4.78 is 0. The Balaban J connectivity index is 5.88. The van der Waals surface area contributed by atoms with Crippen molar-refractivity contribution in [2.45, 2.75) is 104 Å². The minimum Gasteiger partial charge on any atom is -0.343 e. The van der Waals surface area contributed by atoms with Crippen LogP contribution in [0.4, 0.5) is 0 Å². The van der Waals surface area contributed by atoms with Crippen LogP contribution in [-0.4, -0.2) is 85.9 Å². The first-order valence-electron chi connectivity index (χ1n) is 11.3. The van der Waals surface area contributed by atoms with Crippen LogP contribution in [0, 0.1) is 0 Å². The normalized spacial score (nSPS) is 13.0. The maximum absolute atomic E-state index is 5.62. The van der Waals surface area contributed by atoms with Gasteiger partial charge in [-0.3, -0.25) is 0 Å². The van der Waals surface area contributed by atoms with Crippen LogP contribution in [0.15, 0.2) is 15.0 Å². The van der Waals surface area contributed by atoms with Gasteiger partial charge in [0, 0.05) is 35.7 Å². The van der Waals surface area contributed by atoms with Crippen molar-refractivity contribution in [1.82, 2.24) is 14.7 Å². The van der Waals surface area contributed by atoms with Crippen molar-refractivity contribution in [2.24, 2.45) is 15.0 Å². The Kier molecular flexibility index (Phi) is 12.4. The average molecular weight is 513 g/mol. The van der Waals surface area contributed by atoms with Crippen LogP contribution < -0.4 is 0 Å². The molecule has 0 saturated carbocycles. The lowest BCUT2D eigenvalue weighted by molar-refractivity contribution is 0.135. The van der Waals surface area contributed by atoms with Crippen molar-refractivity contribution in [3.05, 3.63) is 0 Å². The van der Waals surface area contributed by atoms with Crippen LogP contribution in [0.3, 0.4) is 0 Å². The lowest BCUT2D eigenvalue weighted by Crippen LogP contribution is -2.53. The molecule has 0 aliphatic rings. The summed E-state index contributed by atoms with van der Waals surface area (Å²) in [5, 5.41) is 1.54. The van der Waals surface area contributed by atoms with E-state index >= 15 is 0 Å². The molecular weight excluding hydrogens is 469 g/mol. The van der Waals surface area contributed by atoms with E-state index in [1.165, 1.54) is 0 Å². The Bertz CT molecular complexity index is 728. The summed E-state index contributed by atoms with van der Waals surface area (Å²) in [6.45, 7) is 31.7. The van der Waals surface area contributed by atoms with Gasteiger partial charge in [-0.1, -0.05) is 0 Å². The van der Waals surface area contributed by atoms with Crippen molar-refractivity contribution in [3.63, 3.8) is 0 Å².